The third-order valence-electron chi connectivity index (χ3n) is 7.00. The van der Waals surface area contributed by atoms with Gasteiger partial charge in [0, 0.05) is 6.42 Å². The van der Waals surface area contributed by atoms with Gasteiger partial charge in [-0.3, -0.25) is 4.79 Å². The molecule has 3 aliphatic carbocycles. The molecule has 0 aliphatic heterocycles. The van der Waals surface area contributed by atoms with Gasteiger partial charge in [0.1, 0.15) is 5.78 Å². The molecule has 0 saturated heterocycles. The van der Waals surface area contributed by atoms with Crippen LogP contribution in [0.4, 0.5) is 0 Å². The molecule has 1 fully saturated rings. The molecule has 25 heavy (non-hydrogen) atoms. The topological polar surface area (TPSA) is 17.1 Å². The molecule has 1 nitrogen and oxygen atoms in total. The lowest BCUT2D eigenvalue weighted by Crippen LogP contribution is -2.43. The summed E-state index contributed by atoms with van der Waals surface area (Å²) >= 11 is 0. The second kappa shape index (κ2) is 5.56. The van der Waals surface area contributed by atoms with Gasteiger partial charge in [0.15, 0.2) is 0 Å². The quantitative estimate of drug-likeness (QED) is 0.662. The first-order chi connectivity index (χ1) is 12.2. The molecule has 3 aliphatic rings. The van der Waals surface area contributed by atoms with Gasteiger partial charge in [-0.15, -0.1) is 0 Å². The Morgan fingerprint density at radius 1 is 1.20 bits per heavy atom. The number of allylic oxidation sites excluding steroid dienone is 2. The Bertz CT molecular complexity index is 904. The highest BCUT2D eigenvalue weighted by Gasteiger charge is 2.55. The third-order valence-corrected chi connectivity index (χ3v) is 7.00. The van der Waals surface area contributed by atoms with E-state index in [1.807, 2.05) is 0 Å². The van der Waals surface area contributed by atoms with Crippen molar-refractivity contribution in [1.82, 2.24) is 0 Å². The van der Waals surface area contributed by atoms with E-state index in [4.69, 9.17) is 0 Å². The van der Waals surface area contributed by atoms with Gasteiger partial charge in [-0.25, -0.2) is 0 Å². The van der Waals surface area contributed by atoms with Crippen LogP contribution in [-0.2, 0) is 23.1 Å². The predicted octanol–water partition coefficient (Wildman–Crippen LogP) is 5.68. The molecule has 1 saturated carbocycles. The first-order valence-corrected chi connectivity index (χ1v) is 9.98. The molecule has 2 aromatic carbocycles. The van der Waals surface area contributed by atoms with Gasteiger partial charge in [0.25, 0.3) is 0 Å². The number of carbonyl (C=O) groups excluding carboxylic acids is 1. The maximum Gasteiger partial charge on any atom is 0.144 e. The Balaban J connectivity index is 1.69. The molecular formula is C24H26O. The molecule has 2 bridgehead atoms. The third kappa shape index (κ3) is 2.11. The molecule has 1 spiro atoms. The Kier molecular flexibility index (Phi) is 3.42. The minimum absolute atomic E-state index is 0.189. The van der Waals surface area contributed by atoms with Crippen molar-refractivity contribution in [3.05, 3.63) is 58.7 Å². The summed E-state index contributed by atoms with van der Waals surface area (Å²) in [6.45, 7) is 2.26. The molecule has 0 aromatic heterocycles. The fourth-order valence-electron chi connectivity index (χ4n) is 5.72. The number of benzene rings is 2. The fourth-order valence-corrected chi connectivity index (χ4v) is 5.72. The number of rotatable bonds is 3. The predicted molar refractivity (Wildman–Crippen MR) is 103 cm³/mol. The van der Waals surface area contributed by atoms with Crippen LogP contribution in [0, 0.1) is 5.92 Å². The monoisotopic (exact) mass is 330 g/mol. The fraction of sp³-hybridized carbons (Fsp3) is 0.458. The molecule has 0 amide bonds. The standard InChI is InChI=1S/C24H26O/c1-2-3-5-17-6-4-7-18-14-22-19(13-21(17)18)9-11-23(25)24(22)15-16-8-10-20(24)12-16/h4,6-8,13-14,20H,2-3,5,9-12,15H2,1H3. The van der Waals surface area contributed by atoms with Crippen LogP contribution in [0.15, 0.2) is 42.0 Å². The normalized spacial score (nSPS) is 27.2. The van der Waals surface area contributed by atoms with Crippen LogP contribution in [0.3, 0.4) is 0 Å². The molecular weight excluding hydrogens is 304 g/mol. The SMILES string of the molecule is CCCCc1cccc2cc3c(cc12)CCC(=O)C31CC2=CCC1C2. The smallest absolute Gasteiger partial charge is 0.144 e. The van der Waals surface area contributed by atoms with Gasteiger partial charge in [0.05, 0.1) is 5.41 Å². The summed E-state index contributed by atoms with van der Waals surface area (Å²) in [6, 6.07) is 11.5. The molecule has 1 heteroatoms. The Labute approximate surface area is 150 Å². The van der Waals surface area contributed by atoms with E-state index in [1.165, 1.54) is 45.9 Å². The zero-order chi connectivity index (χ0) is 17.0. The molecule has 2 unspecified atom stereocenters. The second-order valence-corrected chi connectivity index (χ2v) is 8.32. The van der Waals surface area contributed by atoms with E-state index >= 15 is 0 Å². The van der Waals surface area contributed by atoms with Gasteiger partial charge in [-0.1, -0.05) is 49.3 Å². The van der Waals surface area contributed by atoms with Crippen molar-refractivity contribution < 1.29 is 4.79 Å². The summed E-state index contributed by atoms with van der Waals surface area (Å²) in [5, 5.41) is 2.75. The molecule has 128 valence electrons. The minimum atomic E-state index is -0.189. The van der Waals surface area contributed by atoms with Gasteiger partial charge in [0.2, 0.25) is 0 Å². The first kappa shape index (κ1) is 15.4. The second-order valence-electron chi connectivity index (χ2n) is 8.32. The van der Waals surface area contributed by atoms with E-state index in [9.17, 15) is 4.79 Å². The average Bonchev–Trinajstić information content (AvgIpc) is 3.24. The number of ketones is 1. The highest BCUT2D eigenvalue weighted by Crippen LogP contribution is 2.57. The summed E-state index contributed by atoms with van der Waals surface area (Å²) in [7, 11) is 0. The number of hydrogen-bond acceptors (Lipinski definition) is 1. The molecule has 2 atom stereocenters. The van der Waals surface area contributed by atoms with Crippen molar-refractivity contribution >= 4 is 16.6 Å². The van der Waals surface area contributed by atoms with Crippen LogP contribution in [-0.4, -0.2) is 5.78 Å². The van der Waals surface area contributed by atoms with Gasteiger partial charge in [-0.2, -0.15) is 0 Å². The zero-order valence-electron chi connectivity index (χ0n) is 15.1. The van der Waals surface area contributed by atoms with Crippen LogP contribution in [0.25, 0.3) is 10.8 Å². The van der Waals surface area contributed by atoms with Crippen molar-refractivity contribution in [1.29, 1.82) is 0 Å². The maximum atomic E-state index is 13.1. The zero-order valence-corrected chi connectivity index (χ0v) is 15.1. The van der Waals surface area contributed by atoms with E-state index in [1.54, 1.807) is 0 Å². The summed E-state index contributed by atoms with van der Waals surface area (Å²) in [5.41, 5.74) is 5.64. The van der Waals surface area contributed by atoms with Crippen molar-refractivity contribution in [3.63, 3.8) is 0 Å². The van der Waals surface area contributed by atoms with E-state index < -0.39 is 0 Å². The average molecular weight is 330 g/mol. The van der Waals surface area contributed by atoms with E-state index in [0.717, 1.165) is 38.5 Å². The van der Waals surface area contributed by atoms with Crippen molar-refractivity contribution in [3.8, 4) is 0 Å². The van der Waals surface area contributed by atoms with Crippen LogP contribution < -0.4 is 0 Å². The molecule has 0 radical (unpaired) electrons. The number of aryl methyl sites for hydroxylation is 2. The number of Topliss-reactive ketones (excluding diaryl/α,β-unsaturated/α-hetero) is 1. The van der Waals surface area contributed by atoms with Crippen molar-refractivity contribution in [2.75, 3.05) is 0 Å². The summed E-state index contributed by atoms with van der Waals surface area (Å²) in [4.78, 5) is 13.1. The van der Waals surface area contributed by atoms with Crippen LogP contribution in [0.5, 0.6) is 0 Å². The van der Waals surface area contributed by atoms with Gasteiger partial charge >= 0.3 is 0 Å². The first-order valence-electron chi connectivity index (χ1n) is 9.98. The number of carbonyl (C=O) groups is 1. The summed E-state index contributed by atoms with van der Waals surface area (Å²) < 4.78 is 0. The Morgan fingerprint density at radius 2 is 2.12 bits per heavy atom. The maximum absolute atomic E-state index is 13.1. The minimum Gasteiger partial charge on any atom is -0.299 e. The van der Waals surface area contributed by atoms with Gasteiger partial charge in [-0.05, 0) is 78.0 Å². The molecule has 5 rings (SSSR count). The van der Waals surface area contributed by atoms with E-state index in [0.29, 0.717) is 11.7 Å². The summed E-state index contributed by atoms with van der Waals surface area (Å²) in [5.74, 6) is 1.03. The lowest BCUT2D eigenvalue weighted by molar-refractivity contribution is -0.126. The molecule has 0 N–H and O–H groups in total. The lowest BCUT2D eigenvalue weighted by atomic mass is 9.61. The van der Waals surface area contributed by atoms with Gasteiger partial charge < -0.3 is 0 Å². The highest BCUT2D eigenvalue weighted by atomic mass is 16.1. The van der Waals surface area contributed by atoms with Crippen molar-refractivity contribution in [2.45, 2.75) is 63.7 Å². The van der Waals surface area contributed by atoms with Crippen LogP contribution in [0.1, 0.15) is 62.1 Å². The Hall–Kier alpha value is -1.89. The largest absolute Gasteiger partial charge is 0.299 e. The van der Waals surface area contributed by atoms with E-state index in [-0.39, 0.29) is 5.41 Å². The number of unbranched alkanes of at least 4 members (excludes halogenated alkanes) is 1. The molecule has 2 aromatic rings. The Morgan fingerprint density at radius 3 is 2.88 bits per heavy atom. The number of fused-ring (bicyclic) bond motifs is 6. The highest BCUT2D eigenvalue weighted by molar-refractivity contribution is 5.97. The van der Waals surface area contributed by atoms with Crippen molar-refractivity contribution in [2.24, 2.45) is 5.92 Å². The van der Waals surface area contributed by atoms with E-state index in [2.05, 4.69) is 43.3 Å². The van der Waals surface area contributed by atoms with Crippen LogP contribution in [0.2, 0.25) is 0 Å². The number of hydrogen-bond donors (Lipinski definition) is 0. The summed E-state index contributed by atoms with van der Waals surface area (Å²) in [6.07, 6.45) is 10.9. The molecule has 0 heterocycles. The van der Waals surface area contributed by atoms with Crippen LogP contribution >= 0.6 is 0 Å². The lowest BCUT2D eigenvalue weighted by Gasteiger charge is -2.40.